The third kappa shape index (κ3) is 2.57. The van der Waals surface area contributed by atoms with Crippen LogP contribution in [0.4, 0.5) is 0 Å². The van der Waals surface area contributed by atoms with E-state index in [9.17, 15) is 0 Å². The van der Waals surface area contributed by atoms with Gasteiger partial charge in [0.05, 0.1) is 6.61 Å². The van der Waals surface area contributed by atoms with Gasteiger partial charge in [0, 0.05) is 12.7 Å². The number of hydrogen-bond acceptors (Lipinski definition) is 5. The Bertz CT molecular complexity index is 535. The van der Waals surface area contributed by atoms with E-state index >= 15 is 0 Å². The first-order valence-electron chi connectivity index (χ1n) is 5.72. The van der Waals surface area contributed by atoms with E-state index in [1.54, 1.807) is 14.0 Å². The Hall–Kier alpha value is -1.72. The van der Waals surface area contributed by atoms with Crippen LogP contribution >= 0.6 is 0 Å². The van der Waals surface area contributed by atoms with Gasteiger partial charge < -0.3 is 15.0 Å². The van der Waals surface area contributed by atoms with Crippen LogP contribution < -0.4 is 5.73 Å². The van der Waals surface area contributed by atoms with Crippen molar-refractivity contribution in [2.24, 2.45) is 5.73 Å². The number of ether oxygens (including phenoxy) is 1. The van der Waals surface area contributed by atoms with E-state index in [1.165, 1.54) is 0 Å². The number of aryl methyl sites for hydroxylation is 1. The van der Waals surface area contributed by atoms with Crippen LogP contribution in [-0.2, 0) is 10.3 Å². The summed E-state index contributed by atoms with van der Waals surface area (Å²) in [5.74, 6) is 0.919. The second-order valence-electron chi connectivity index (χ2n) is 4.64. The molecule has 5 nitrogen and oxygen atoms in total. The Morgan fingerprint density at radius 1 is 1.44 bits per heavy atom. The molecular weight excluding hydrogens is 230 g/mol. The molecule has 0 fully saturated rings. The Morgan fingerprint density at radius 2 is 2.22 bits per heavy atom. The van der Waals surface area contributed by atoms with Gasteiger partial charge in [-0.15, -0.1) is 0 Å². The van der Waals surface area contributed by atoms with Gasteiger partial charge >= 0.3 is 0 Å². The molecule has 1 unspecified atom stereocenters. The average molecular weight is 247 g/mol. The number of hydrogen-bond donors (Lipinski definition) is 1. The Kier molecular flexibility index (Phi) is 3.45. The smallest absolute Gasteiger partial charge is 0.258 e. The summed E-state index contributed by atoms with van der Waals surface area (Å²) < 4.78 is 10.3. The molecule has 0 aliphatic carbocycles. The lowest BCUT2D eigenvalue weighted by atomic mass is 10.1. The number of aromatic nitrogens is 2. The zero-order valence-electron chi connectivity index (χ0n) is 10.8. The molecule has 0 aliphatic heterocycles. The summed E-state index contributed by atoms with van der Waals surface area (Å²) in [6, 6.07) is 7.88. The van der Waals surface area contributed by atoms with E-state index in [-0.39, 0.29) is 0 Å². The molecule has 0 aliphatic rings. The van der Waals surface area contributed by atoms with Gasteiger partial charge in [0.1, 0.15) is 5.54 Å². The van der Waals surface area contributed by atoms with Crippen LogP contribution in [0, 0.1) is 6.92 Å². The highest BCUT2D eigenvalue weighted by Crippen LogP contribution is 2.22. The summed E-state index contributed by atoms with van der Waals surface area (Å²) in [7, 11) is 1.59. The van der Waals surface area contributed by atoms with Crippen molar-refractivity contribution in [1.29, 1.82) is 0 Å². The van der Waals surface area contributed by atoms with Gasteiger partial charge in [0.2, 0.25) is 0 Å². The summed E-state index contributed by atoms with van der Waals surface area (Å²) in [5.41, 5.74) is 7.34. The first-order valence-corrected chi connectivity index (χ1v) is 5.72. The predicted octanol–water partition coefficient (Wildman–Crippen LogP) is 1.87. The van der Waals surface area contributed by atoms with Crippen molar-refractivity contribution in [3.8, 4) is 11.5 Å². The maximum atomic E-state index is 6.06. The number of benzene rings is 1. The van der Waals surface area contributed by atoms with Crippen LogP contribution in [0.25, 0.3) is 11.5 Å². The van der Waals surface area contributed by atoms with Gasteiger partial charge in [-0.25, -0.2) is 0 Å². The van der Waals surface area contributed by atoms with Gasteiger partial charge in [0.15, 0.2) is 5.82 Å². The maximum absolute atomic E-state index is 6.06. The highest BCUT2D eigenvalue weighted by molar-refractivity contribution is 5.53. The molecule has 18 heavy (non-hydrogen) atoms. The molecule has 5 heteroatoms. The van der Waals surface area contributed by atoms with E-state index in [1.807, 2.05) is 31.2 Å². The largest absolute Gasteiger partial charge is 0.382 e. The summed E-state index contributed by atoms with van der Waals surface area (Å²) in [6.07, 6.45) is 0. The van der Waals surface area contributed by atoms with Crippen LogP contribution in [0.5, 0.6) is 0 Å². The molecule has 1 heterocycles. The van der Waals surface area contributed by atoms with Gasteiger partial charge in [0.25, 0.3) is 5.89 Å². The van der Waals surface area contributed by atoms with Gasteiger partial charge in [-0.1, -0.05) is 22.9 Å². The van der Waals surface area contributed by atoms with E-state index in [0.29, 0.717) is 18.3 Å². The third-order valence-electron chi connectivity index (χ3n) is 2.65. The van der Waals surface area contributed by atoms with Crippen molar-refractivity contribution in [3.63, 3.8) is 0 Å². The topological polar surface area (TPSA) is 74.2 Å². The third-order valence-corrected chi connectivity index (χ3v) is 2.65. The fraction of sp³-hybridized carbons (Fsp3) is 0.385. The summed E-state index contributed by atoms with van der Waals surface area (Å²) in [5, 5.41) is 3.92. The van der Waals surface area contributed by atoms with Crippen molar-refractivity contribution in [2.75, 3.05) is 13.7 Å². The lowest BCUT2D eigenvalue weighted by Gasteiger charge is -2.18. The Morgan fingerprint density at radius 3 is 2.89 bits per heavy atom. The van der Waals surface area contributed by atoms with Crippen molar-refractivity contribution in [3.05, 3.63) is 35.7 Å². The molecule has 1 aromatic heterocycles. The minimum atomic E-state index is -0.750. The summed E-state index contributed by atoms with van der Waals surface area (Å²) >= 11 is 0. The standard InChI is InChI=1S/C13H17N3O2/c1-9-5-4-6-10(7-9)11-15-12(16-18-11)13(2,14)8-17-3/h4-7H,8,14H2,1-3H3. The van der Waals surface area contributed by atoms with Crippen molar-refractivity contribution in [1.82, 2.24) is 10.1 Å². The fourth-order valence-electron chi connectivity index (χ4n) is 1.72. The van der Waals surface area contributed by atoms with E-state index in [0.717, 1.165) is 11.1 Å². The van der Waals surface area contributed by atoms with Crippen LogP contribution in [0.15, 0.2) is 28.8 Å². The molecule has 0 spiro atoms. The Balaban J connectivity index is 2.31. The van der Waals surface area contributed by atoms with Crippen LogP contribution in [0.2, 0.25) is 0 Å². The quantitative estimate of drug-likeness (QED) is 0.892. The SMILES string of the molecule is COCC(C)(N)c1noc(-c2cccc(C)c2)n1. The van der Waals surface area contributed by atoms with Crippen molar-refractivity contribution >= 4 is 0 Å². The lowest BCUT2D eigenvalue weighted by Crippen LogP contribution is -2.38. The molecular formula is C13H17N3O2. The molecule has 1 atom stereocenters. The highest BCUT2D eigenvalue weighted by Gasteiger charge is 2.27. The van der Waals surface area contributed by atoms with Crippen molar-refractivity contribution < 1.29 is 9.26 Å². The molecule has 2 N–H and O–H groups in total. The number of nitrogens with zero attached hydrogens (tertiary/aromatic N) is 2. The normalized spacial score (nSPS) is 14.4. The maximum Gasteiger partial charge on any atom is 0.258 e. The molecule has 1 aromatic carbocycles. The molecule has 96 valence electrons. The minimum absolute atomic E-state index is 0.333. The molecule has 0 radical (unpaired) electrons. The first kappa shape index (κ1) is 12.7. The summed E-state index contributed by atoms with van der Waals surface area (Å²) in [6.45, 7) is 4.15. The first-order chi connectivity index (χ1) is 8.53. The van der Waals surface area contributed by atoms with Crippen LogP contribution in [0.3, 0.4) is 0 Å². The average Bonchev–Trinajstić information content (AvgIpc) is 2.78. The monoisotopic (exact) mass is 247 g/mol. The Labute approximate surface area is 106 Å². The molecule has 0 amide bonds. The minimum Gasteiger partial charge on any atom is -0.382 e. The lowest BCUT2D eigenvalue weighted by molar-refractivity contribution is 0.135. The van der Waals surface area contributed by atoms with Gasteiger partial charge in [-0.2, -0.15) is 4.98 Å². The second-order valence-corrected chi connectivity index (χ2v) is 4.64. The zero-order chi connectivity index (χ0) is 13.2. The predicted molar refractivity (Wildman–Crippen MR) is 67.9 cm³/mol. The molecule has 0 saturated carbocycles. The second kappa shape index (κ2) is 4.88. The number of rotatable bonds is 4. The molecule has 2 aromatic rings. The van der Waals surface area contributed by atoms with Crippen molar-refractivity contribution in [2.45, 2.75) is 19.4 Å². The fourth-order valence-corrected chi connectivity index (χ4v) is 1.72. The number of nitrogens with two attached hydrogens (primary N) is 1. The highest BCUT2D eigenvalue weighted by atomic mass is 16.5. The zero-order valence-corrected chi connectivity index (χ0v) is 10.8. The molecule has 2 rings (SSSR count). The van der Waals surface area contributed by atoms with E-state index in [2.05, 4.69) is 10.1 Å². The van der Waals surface area contributed by atoms with Gasteiger partial charge in [-0.05, 0) is 26.0 Å². The van der Waals surface area contributed by atoms with Crippen LogP contribution in [0.1, 0.15) is 18.3 Å². The van der Waals surface area contributed by atoms with Crippen LogP contribution in [-0.4, -0.2) is 23.9 Å². The summed E-state index contributed by atoms with van der Waals surface area (Å²) in [4.78, 5) is 4.33. The van der Waals surface area contributed by atoms with E-state index < -0.39 is 5.54 Å². The van der Waals surface area contributed by atoms with Gasteiger partial charge in [-0.3, -0.25) is 0 Å². The molecule has 0 bridgehead atoms. The molecule has 0 saturated heterocycles. The number of methoxy groups -OCH3 is 1. The van der Waals surface area contributed by atoms with E-state index in [4.69, 9.17) is 15.0 Å².